The van der Waals surface area contributed by atoms with Gasteiger partial charge in [-0.15, -0.1) is 11.8 Å². The number of para-hydroxylation sites is 1. The maximum atomic E-state index is 12.4. The van der Waals surface area contributed by atoms with Crippen molar-refractivity contribution in [3.63, 3.8) is 0 Å². The van der Waals surface area contributed by atoms with Crippen LogP contribution in [-0.4, -0.2) is 47.5 Å². The third-order valence-electron chi connectivity index (χ3n) is 4.48. The number of amides is 2. The van der Waals surface area contributed by atoms with E-state index in [9.17, 15) is 9.59 Å². The molecule has 6 heteroatoms. The number of anilines is 1. The van der Waals surface area contributed by atoms with E-state index in [2.05, 4.69) is 10.6 Å². The van der Waals surface area contributed by atoms with Gasteiger partial charge in [0.1, 0.15) is 0 Å². The molecule has 1 aromatic rings. The minimum absolute atomic E-state index is 0.0240. The molecule has 2 heterocycles. The van der Waals surface area contributed by atoms with Gasteiger partial charge in [-0.05, 0) is 37.4 Å². The summed E-state index contributed by atoms with van der Waals surface area (Å²) in [6, 6.07) is 7.65. The van der Waals surface area contributed by atoms with Crippen LogP contribution < -0.4 is 10.6 Å². The fraction of sp³-hybridized carbons (Fsp3) is 0.529. The normalized spacial score (nSPS) is 24.0. The van der Waals surface area contributed by atoms with Gasteiger partial charge in [0.15, 0.2) is 0 Å². The molecule has 2 aliphatic heterocycles. The molecule has 3 rings (SSSR count). The highest BCUT2D eigenvalue weighted by Gasteiger charge is 2.34. The number of carbonyl (C=O) groups excluding carboxylic acids is 2. The highest BCUT2D eigenvalue weighted by atomic mass is 32.2. The van der Waals surface area contributed by atoms with Gasteiger partial charge in [-0.1, -0.05) is 18.2 Å². The number of aryl methyl sites for hydroxylation is 1. The van der Waals surface area contributed by atoms with Crippen molar-refractivity contribution in [2.24, 2.45) is 5.92 Å². The first-order valence-electron chi connectivity index (χ1n) is 8.09. The van der Waals surface area contributed by atoms with E-state index < -0.39 is 0 Å². The Kier molecular flexibility index (Phi) is 5.23. The Morgan fingerprint density at radius 2 is 2.22 bits per heavy atom. The second-order valence-corrected chi connectivity index (χ2v) is 7.34. The number of nitrogens with zero attached hydrogens (tertiary/aromatic N) is 1. The summed E-state index contributed by atoms with van der Waals surface area (Å²) in [6.07, 6.45) is 1.21. The average molecular weight is 333 g/mol. The second kappa shape index (κ2) is 7.36. The highest BCUT2D eigenvalue weighted by molar-refractivity contribution is 7.99. The molecular formula is C17H23N3O2S. The average Bonchev–Trinajstić information content (AvgIpc) is 3.20. The lowest BCUT2D eigenvalue weighted by Gasteiger charge is -2.19. The number of benzene rings is 1. The Bertz CT molecular complexity index is 587. The Labute approximate surface area is 141 Å². The molecular weight excluding hydrogens is 310 g/mol. The molecule has 0 aromatic heterocycles. The molecule has 2 atom stereocenters. The SMILES string of the molecule is Cc1ccccc1NC(=O)CC1CN[C@H](C(=O)N2CCSC2)C1. The van der Waals surface area contributed by atoms with Crippen molar-refractivity contribution in [3.8, 4) is 0 Å². The maximum Gasteiger partial charge on any atom is 0.240 e. The first kappa shape index (κ1) is 16.3. The third-order valence-corrected chi connectivity index (χ3v) is 5.44. The van der Waals surface area contributed by atoms with Crippen LogP contribution in [0, 0.1) is 12.8 Å². The first-order chi connectivity index (χ1) is 11.1. The van der Waals surface area contributed by atoms with Gasteiger partial charge in [0, 0.05) is 24.4 Å². The molecule has 2 fully saturated rings. The number of carbonyl (C=O) groups is 2. The van der Waals surface area contributed by atoms with Gasteiger partial charge in [0.2, 0.25) is 11.8 Å². The van der Waals surface area contributed by atoms with Crippen LogP contribution in [0.15, 0.2) is 24.3 Å². The molecule has 0 spiro atoms. The molecule has 2 N–H and O–H groups in total. The Hall–Kier alpha value is -1.53. The minimum atomic E-state index is -0.120. The number of nitrogens with one attached hydrogen (secondary N) is 2. The lowest BCUT2D eigenvalue weighted by atomic mass is 10.0. The molecule has 2 aliphatic rings. The van der Waals surface area contributed by atoms with Crippen molar-refractivity contribution in [1.29, 1.82) is 0 Å². The zero-order valence-corrected chi connectivity index (χ0v) is 14.2. The topological polar surface area (TPSA) is 61.4 Å². The van der Waals surface area contributed by atoms with Gasteiger partial charge in [-0.25, -0.2) is 0 Å². The van der Waals surface area contributed by atoms with Crippen LogP contribution >= 0.6 is 11.8 Å². The van der Waals surface area contributed by atoms with E-state index in [1.165, 1.54) is 0 Å². The summed E-state index contributed by atoms with van der Waals surface area (Å²) in [5.41, 5.74) is 1.93. The molecule has 2 amide bonds. The predicted octanol–water partition coefficient (Wildman–Crippen LogP) is 1.83. The van der Waals surface area contributed by atoms with Crippen LogP contribution in [-0.2, 0) is 9.59 Å². The van der Waals surface area contributed by atoms with E-state index in [1.807, 2.05) is 36.1 Å². The molecule has 2 saturated heterocycles. The second-order valence-electron chi connectivity index (χ2n) is 6.27. The van der Waals surface area contributed by atoms with Gasteiger partial charge < -0.3 is 15.5 Å². The summed E-state index contributed by atoms with van der Waals surface area (Å²) < 4.78 is 0. The molecule has 1 unspecified atom stereocenters. The van der Waals surface area contributed by atoms with Crippen LogP contribution in [0.4, 0.5) is 5.69 Å². The summed E-state index contributed by atoms with van der Waals surface area (Å²) in [6.45, 7) is 3.56. The predicted molar refractivity (Wildman–Crippen MR) is 93.4 cm³/mol. The van der Waals surface area contributed by atoms with Crippen molar-refractivity contribution in [2.45, 2.75) is 25.8 Å². The lowest BCUT2D eigenvalue weighted by Crippen LogP contribution is -2.42. The number of thioether (sulfide) groups is 1. The van der Waals surface area contributed by atoms with Crippen molar-refractivity contribution in [1.82, 2.24) is 10.2 Å². The van der Waals surface area contributed by atoms with Crippen molar-refractivity contribution >= 4 is 29.3 Å². The number of rotatable bonds is 4. The summed E-state index contributed by atoms with van der Waals surface area (Å²) >= 11 is 1.80. The Balaban J connectivity index is 1.48. The summed E-state index contributed by atoms with van der Waals surface area (Å²) in [4.78, 5) is 26.5. The fourth-order valence-electron chi connectivity index (χ4n) is 3.14. The van der Waals surface area contributed by atoms with Gasteiger partial charge in [-0.2, -0.15) is 0 Å². The van der Waals surface area contributed by atoms with Crippen LogP contribution in [0.1, 0.15) is 18.4 Å². The van der Waals surface area contributed by atoms with E-state index >= 15 is 0 Å². The van der Waals surface area contributed by atoms with E-state index in [4.69, 9.17) is 0 Å². The lowest BCUT2D eigenvalue weighted by molar-refractivity contribution is -0.131. The standard InChI is InChI=1S/C17H23N3O2S/c1-12-4-2-3-5-14(12)19-16(21)9-13-8-15(18-10-13)17(22)20-6-7-23-11-20/h2-5,13,15,18H,6-11H2,1H3,(H,19,21)/t13?,15-/m0/s1. The molecule has 0 radical (unpaired) electrons. The van der Waals surface area contributed by atoms with Crippen molar-refractivity contribution < 1.29 is 9.59 Å². The smallest absolute Gasteiger partial charge is 0.240 e. The van der Waals surface area contributed by atoms with E-state index in [1.54, 1.807) is 11.8 Å². The van der Waals surface area contributed by atoms with Crippen molar-refractivity contribution in [2.75, 3.05) is 30.0 Å². The van der Waals surface area contributed by atoms with Gasteiger partial charge in [-0.3, -0.25) is 9.59 Å². The summed E-state index contributed by atoms with van der Waals surface area (Å²) in [5, 5.41) is 6.25. The third kappa shape index (κ3) is 4.06. The van der Waals surface area contributed by atoms with E-state index in [0.717, 1.165) is 42.4 Å². The number of hydrogen-bond donors (Lipinski definition) is 2. The van der Waals surface area contributed by atoms with Gasteiger partial charge in [0.25, 0.3) is 0 Å². The molecule has 5 nitrogen and oxygen atoms in total. The van der Waals surface area contributed by atoms with E-state index in [0.29, 0.717) is 6.42 Å². The first-order valence-corrected chi connectivity index (χ1v) is 9.24. The highest BCUT2D eigenvalue weighted by Crippen LogP contribution is 2.23. The molecule has 0 aliphatic carbocycles. The number of hydrogen-bond acceptors (Lipinski definition) is 4. The maximum absolute atomic E-state index is 12.4. The quantitative estimate of drug-likeness (QED) is 0.882. The molecule has 0 saturated carbocycles. The minimum Gasteiger partial charge on any atom is -0.331 e. The summed E-state index contributed by atoms with van der Waals surface area (Å²) in [5.74, 6) is 2.27. The monoisotopic (exact) mass is 333 g/mol. The largest absolute Gasteiger partial charge is 0.331 e. The van der Waals surface area contributed by atoms with Gasteiger partial charge >= 0.3 is 0 Å². The van der Waals surface area contributed by atoms with Crippen LogP contribution in [0.3, 0.4) is 0 Å². The van der Waals surface area contributed by atoms with Crippen LogP contribution in [0.2, 0.25) is 0 Å². The zero-order valence-electron chi connectivity index (χ0n) is 13.4. The molecule has 0 bridgehead atoms. The Morgan fingerprint density at radius 3 is 2.96 bits per heavy atom. The molecule has 23 heavy (non-hydrogen) atoms. The fourth-order valence-corrected chi connectivity index (χ4v) is 4.09. The van der Waals surface area contributed by atoms with Crippen LogP contribution in [0.25, 0.3) is 0 Å². The Morgan fingerprint density at radius 1 is 1.39 bits per heavy atom. The van der Waals surface area contributed by atoms with E-state index in [-0.39, 0.29) is 23.8 Å². The molecule has 1 aromatic carbocycles. The van der Waals surface area contributed by atoms with Gasteiger partial charge in [0.05, 0.1) is 11.9 Å². The molecule has 124 valence electrons. The zero-order chi connectivity index (χ0) is 16.2. The van der Waals surface area contributed by atoms with Crippen LogP contribution in [0.5, 0.6) is 0 Å². The van der Waals surface area contributed by atoms with Crippen molar-refractivity contribution in [3.05, 3.63) is 29.8 Å². The summed E-state index contributed by atoms with van der Waals surface area (Å²) in [7, 11) is 0.